The molecule has 2 fully saturated rings. The SMILES string of the molecule is CC(C)Oc1ccccc1OC12CCCN(CC1)C2. The summed E-state index contributed by atoms with van der Waals surface area (Å²) in [6.07, 6.45) is 3.73. The molecule has 0 spiro atoms. The molecule has 2 aliphatic heterocycles. The Kier molecular flexibility index (Phi) is 3.40. The maximum Gasteiger partial charge on any atom is 0.162 e. The average molecular weight is 261 g/mol. The fourth-order valence-electron chi connectivity index (χ4n) is 3.20. The summed E-state index contributed by atoms with van der Waals surface area (Å²) in [5, 5.41) is 0. The van der Waals surface area contributed by atoms with E-state index in [2.05, 4.69) is 4.90 Å². The van der Waals surface area contributed by atoms with E-state index in [1.54, 1.807) is 0 Å². The maximum absolute atomic E-state index is 6.40. The van der Waals surface area contributed by atoms with Gasteiger partial charge in [0.25, 0.3) is 0 Å². The Labute approximate surface area is 115 Å². The highest BCUT2D eigenvalue weighted by Crippen LogP contribution is 2.39. The molecule has 2 bridgehead atoms. The van der Waals surface area contributed by atoms with Crippen LogP contribution in [0.5, 0.6) is 11.5 Å². The van der Waals surface area contributed by atoms with E-state index in [-0.39, 0.29) is 11.7 Å². The van der Waals surface area contributed by atoms with Crippen LogP contribution >= 0.6 is 0 Å². The zero-order chi connectivity index (χ0) is 13.3. The van der Waals surface area contributed by atoms with Crippen LogP contribution in [-0.2, 0) is 0 Å². The first kappa shape index (κ1) is 12.8. The molecule has 0 saturated carbocycles. The van der Waals surface area contributed by atoms with Gasteiger partial charge in [0.2, 0.25) is 0 Å². The summed E-state index contributed by atoms with van der Waals surface area (Å²) in [5.74, 6) is 1.77. The second-order valence-corrected chi connectivity index (χ2v) is 6.03. The molecule has 1 aromatic rings. The largest absolute Gasteiger partial charge is 0.487 e. The van der Waals surface area contributed by atoms with Gasteiger partial charge in [0, 0.05) is 19.5 Å². The van der Waals surface area contributed by atoms with Crippen molar-refractivity contribution >= 4 is 0 Å². The molecule has 104 valence electrons. The second kappa shape index (κ2) is 5.04. The third kappa shape index (κ3) is 2.71. The molecular formula is C16H23NO2. The molecule has 1 aromatic carbocycles. The minimum Gasteiger partial charge on any atom is -0.487 e. The lowest BCUT2D eigenvalue weighted by Gasteiger charge is -2.35. The van der Waals surface area contributed by atoms with Crippen molar-refractivity contribution in [2.24, 2.45) is 0 Å². The van der Waals surface area contributed by atoms with E-state index < -0.39 is 0 Å². The Bertz CT molecular complexity index is 442. The Morgan fingerprint density at radius 2 is 1.89 bits per heavy atom. The molecule has 0 aliphatic carbocycles. The number of rotatable bonds is 4. The van der Waals surface area contributed by atoms with Crippen LogP contribution in [0.25, 0.3) is 0 Å². The first-order chi connectivity index (χ1) is 9.17. The zero-order valence-electron chi connectivity index (χ0n) is 11.9. The van der Waals surface area contributed by atoms with Gasteiger partial charge in [-0.25, -0.2) is 0 Å². The Hall–Kier alpha value is -1.22. The van der Waals surface area contributed by atoms with Gasteiger partial charge in [0.1, 0.15) is 5.60 Å². The van der Waals surface area contributed by atoms with Crippen molar-refractivity contribution in [1.82, 2.24) is 4.90 Å². The van der Waals surface area contributed by atoms with Crippen molar-refractivity contribution in [2.45, 2.75) is 44.8 Å². The van der Waals surface area contributed by atoms with Crippen molar-refractivity contribution in [3.05, 3.63) is 24.3 Å². The van der Waals surface area contributed by atoms with E-state index in [0.29, 0.717) is 0 Å². The van der Waals surface area contributed by atoms with Crippen molar-refractivity contribution in [3.63, 3.8) is 0 Å². The monoisotopic (exact) mass is 261 g/mol. The lowest BCUT2D eigenvalue weighted by atomic mass is 9.94. The number of ether oxygens (including phenoxy) is 2. The quantitative estimate of drug-likeness (QED) is 0.831. The molecule has 0 amide bonds. The predicted octanol–water partition coefficient (Wildman–Crippen LogP) is 3.09. The smallest absolute Gasteiger partial charge is 0.162 e. The molecule has 2 atom stereocenters. The van der Waals surface area contributed by atoms with E-state index in [0.717, 1.165) is 24.5 Å². The summed E-state index contributed by atoms with van der Waals surface area (Å²) in [6.45, 7) is 7.57. The van der Waals surface area contributed by atoms with Gasteiger partial charge >= 0.3 is 0 Å². The highest BCUT2D eigenvalue weighted by atomic mass is 16.5. The van der Waals surface area contributed by atoms with Crippen molar-refractivity contribution in [3.8, 4) is 11.5 Å². The van der Waals surface area contributed by atoms with Gasteiger partial charge < -0.3 is 9.47 Å². The molecule has 2 unspecified atom stereocenters. The molecule has 0 aromatic heterocycles. The van der Waals surface area contributed by atoms with Crippen molar-refractivity contribution in [2.75, 3.05) is 19.6 Å². The fraction of sp³-hybridized carbons (Fsp3) is 0.625. The van der Waals surface area contributed by atoms with Crippen LogP contribution in [0.3, 0.4) is 0 Å². The van der Waals surface area contributed by atoms with Crippen LogP contribution < -0.4 is 9.47 Å². The number of hydrogen-bond acceptors (Lipinski definition) is 3. The first-order valence-corrected chi connectivity index (χ1v) is 7.34. The number of fused-ring (bicyclic) bond motifs is 2. The van der Waals surface area contributed by atoms with E-state index in [4.69, 9.17) is 9.47 Å². The number of nitrogens with zero attached hydrogens (tertiary/aromatic N) is 1. The Balaban J connectivity index is 1.79. The van der Waals surface area contributed by atoms with Gasteiger partial charge in [-0.3, -0.25) is 4.90 Å². The summed E-state index contributed by atoms with van der Waals surface area (Å²) < 4.78 is 12.3. The molecule has 3 rings (SSSR count). The third-order valence-electron chi connectivity index (χ3n) is 4.04. The molecular weight excluding hydrogens is 238 g/mol. The number of benzene rings is 1. The van der Waals surface area contributed by atoms with Gasteiger partial charge in [-0.15, -0.1) is 0 Å². The third-order valence-corrected chi connectivity index (χ3v) is 4.04. The summed E-state index contributed by atoms with van der Waals surface area (Å²) in [7, 11) is 0. The standard InChI is InChI=1S/C16H23NO2/c1-13(2)18-14-6-3-4-7-15(14)19-16-8-5-10-17(12-16)11-9-16/h3-4,6-7,13H,5,8-12H2,1-2H3. The molecule has 19 heavy (non-hydrogen) atoms. The molecule has 2 aliphatic rings. The Morgan fingerprint density at radius 1 is 1.11 bits per heavy atom. The van der Waals surface area contributed by atoms with Crippen LogP contribution in [0.15, 0.2) is 24.3 Å². The van der Waals surface area contributed by atoms with E-state index >= 15 is 0 Å². The van der Waals surface area contributed by atoms with Gasteiger partial charge in [-0.2, -0.15) is 0 Å². The molecule has 3 heteroatoms. The van der Waals surface area contributed by atoms with Gasteiger partial charge in [0.05, 0.1) is 6.10 Å². The first-order valence-electron chi connectivity index (χ1n) is 7.34. The normalized spacial score (nSPS) is 29.5. The summed E-state index contributed by atoms with van der Waals surface area (Å²) in [4.78, 5) is 2.51. The van der Waals surface area contributed by atoms with Crippen LogP contribution in [0, 0.1) is 0 Å². The minimum atomic E-state index is 0.0225. The highest BCUT2D eigenvalue weighted by Gasteiger charge is 2.43. The van der Waals surface area contributed by atoms with E-state index in [1.807, 2.05) is 38.1 Å². The topological polar surface area (TPSA) is 21.7 Å². The lowest BCUT2D eigenvalue weighted by molar-refractivity contribution is 0.0409. The Morgan fingerprint density at radius 3 is 2.68 bits per heavy atom. The van der Waals surface area contributed by atoms with Crippen LogP contribution in [0.1, 0.15) is 33.1 Å². The van der Waals surface area contributed by atoms with Crippen LogP contribution in [0.2, 0.25) is 0 Å². The average Bonchev–Trinajstić information content (AvgIpc) is 2.66. The molecule has 3 nitrogen and oxygen atoms in total. The molecule has 0 N–H and O–H groups in total. The maximum atomic E-state index is 6.40. The van der Waals surface area contributed by atoms with Crippen molar-refractivity contribution in [1.29, 1.82) is 0 Å². The van der Waals surface area contributed by atoms with Crippen LogP contribution in [-0.4, -0.2) is 36.2 Å². The summed E-state index contributed by atoms with van der Waals surface area (Å²) >= 11 is 0. The van der Waals surface area contributed by atoms with E-state index in [9.17, 15) is 0 Å². The summed E-state index contributed by atoms with van der Waals surface area (Å²) in [5.41, 5.74) is 0.0225. The second-order valence-electron chi connectivity index (χ2n) is 6.03. The zero-order valence-corrected chi connectivity index (χ0v) is 11.9. The molecule has 2 saturated heterocycles. The molecule has 0 radical (unpaired) electrons. The number of hydrogen-bond donors (Lipinski definition) is 0. The number of para-hydroxylation sites is 2. The fourth-order valence-corrected chi connectivity index (χ4v) is 3.20. The molecule has 2 heterocycles. The van der Waals surface area contributed by atoms with Crippen LogP contribution in [0.4, 0.5) is 0 Å². The van der Waals surface area contributed by atoms with Gasteiger partial charge in [0.15, 0.2) is 11.5 Å². The lowest BCUT2D eigenvalue weighted by Crippen LogP contribution is -2.43. The summed E-state index contributed by atoms with van der Waals surface area (Å²) in [6, 6.07) is 8.06. The van der Waals surface area contributed by atoms with Gasteiger partial charge in [-0.05, 0) is 45.4 Å². The van der Waals surface area contributed by atoms with E-state index in [1.165, 1.54) is 25.9 Å². The highest BCUT2D eigenvalue weighted by molar-refractivity contribution is 5.40. The minimum absolute atomic E-state index is 0.0225. The van der Waals surface area contributed by atoms with Crippen molar-refractivity contribution < 1.29 is 9.47 Å². The predicted molar refractivity (Wildman–Crippen MR) is 75.9 cm³/mol. The van der Waals surface area contributed by atoms with Gasteiger partial charge in [-0.1, -0.05) is 12.1 Å². The number of piperidine rings is 1.